The molecule has 26 heavy (non-hydrogen) atoms. The molecule has 3 aromatic rings. The SMILES string of the molecule is O=P(c1ccccc1)(c1ccccc1)c1cc(O)ccc1S(=O)(=O)[O-].[Na+]. The van der Waals surface area contributed by atoms with Crippen LogP contribution in [0.2, 0.25) is 0 Å². The Morgan fingerprint density at radius 1 is 0.808 bits per heavy atom. The van der Waals surface area contributed by atoms with E-state index in [9.17, 15) is 22.6 Å². The van der Waals surface area contributed by atoms with Crippen molar-refractivity contribution in [2.24, 2.45) is 0 Å². The van der Waals surface area contributed by atoms with Crippen molar-refractivity contribution in [2.75, 3.05) is 0 Å². The Labute approximate surface area is 174 Å². The fourth-order valence-corrected chi connectivity index (χ4v) is 6.67. The van der Waals surface area contributed by atoms with Gasteiger partial charge in [0.2, 0.25) is 0 Å². The molecule has 8 heteroatoms. The zero-order chi connectivity index (χ0) is 18.1. The molecule has 0 amide bonds. The molecule has 1 N–H and O–H groups in total. The second-order valence-electron chi connectivity index (χ2n) is 5.39. The summed E-state index contributed by atoms with van der Waals surface area (Å²) in [5, 5.41) is 10.4. The first kappa shape index (κ1) is 20.9. The van der Waals surface area contributed by atoms with E-state index in [2.05, 4.69) is 0 Å². The second kappa shape index (κ2) is 8.09. The van der Waals surface area contributed by atoms with Crippen LogP contribution in [0.1, 0.15) is 0 Å². The largest absolute Gasteiger partial charge is 1.00 e. The van der Waals surface area contributed by atoms with Crippen molar-refractivity contribution in [2.45, 2.75) is 4.90 Å². The van der Waals surface area contributed by atoms with Crippen LogP contribution in [0.3, 0.4) is 0 Å². The van der Waals surface area contributed by atoms with Crippen molar-refractivity contribution >= 4 is 33.2 Å². The average molecular weight is 396 g/mol. The number of hydrogen-bond acceptors (Lipinski definition) is 5. The van der Waals surface area contributed by atoms with Crippen LogP contribution in [0.15, 0.2) is 83.8 Å². The number of phenolic OH excluding ortho intramolecular Hbond substituents is 1. The van der Waals surface area contributed by atoms with Crippen molar-refractivity contribution in [3.8, 4) is 5.75 Å². The molecule has 0 heterocycles. The summed E-state index contributed by atoms with van der Waals surface area (Å²) in [6, 6.07) is 19.8. The maximum Gasteiger partial charge on any atom is 1.00 e. The van der Waals surface area contributed by atoms with Gasteiger partial charge in [-0.05, 0) is 18.2 Å². The Bertz CT molecular complexity index is 1010. The summed E-state index contributed by atoms with van der Waals surface area (Å²) in [5.74, 6) is -0.269. The van der Waals surface area contributed by atoms with E-state index in [1.165, 1.54) is 0 Å². The fraction of sp³-hybridized carbons (Fsp3) is 0. The summed E-state index contributed by atoms with van der Waals surface area (Å²) in [6.45, 7) is 0. The van der Waals surface area contributed by atoms with E-state index in [0.717, 1.165) is 18.2 Å². The van der Waals surface area contributed by atoms with Crippen LogP contribution in [0, 0.1) is 0 Å². The first-order valence-corrected chi connectivity index (χ1v) is 10.5. The van der Waals surface area contributed by atoms with E-state index >= 15 is 0 Å². The van der Waals surface area contributed by atoms with Crippen LogP contribution in [0.4, 0.5) is 0 Å². The Kier molecular flexibility index (Phi) is 6.51. The van der Waals surface area contributed by atoms with Crippen LogP contribution in [0.25, 0.3) is 0 Å². The van der Waals surface area contributed by atoms with Gasteiger partial charge >= 0.3 is 29.6 Å². The van der Waals surface area contributed by atoms with Crippen molar-refractivity contribution in [1.29, 1.82) is 0 Å². The van der Waals surface area contributed by atoms with E-state index in [0.29, 0.717) is 10.6 Å². The van der Waals surface area contributed by atoms with Gasteiger partial charge in [0.25, 0.3) is 0 Å². The summed E-state index contributed by atoms with van der Waals surface area (Å²) >= 11 is 0. The molecule has 0 aliphatic heterocycles. The van der Waals surface area contributed by atoms with Crippen molar-refractivity contribution in [1.82, 2.24) is 0 Å². The topological polar surface area (TPSA) is 94.5 Å². The molecule has 0 spiro atoms. The molecule has 0 aliphatic rings. The van der Waals surface area contributed by atoms with Gasteiger partial charge in [-0.3, -0.25) is 0 Å². The maximum atomic E-state index is 14.1. The average Bonchev–Trinajstić information content (AvgIpc) is 2.61. The first-order chi connectivity index (χ1) is 11.8. The molecule has 0 radical (unpaired) electrons. The smallest absolute Gasteiger partial charge is 0.744 e. The standard InChI is InChI=1S/C18H15O5PS.Na/c19-14-11-12-18(25(21,22)23)17(13-14)24(20,15-7-3-1-4-8-15)16-9-5-2-6-10-16;/h1-13,19H,(H,21,22,23);/q;+1/p-1. The normalized spacial score (nSPS) is 11.6. The van der Waals surface area contributed by atoms with E-state index in [4.69, 9.17) is 0 Å². The van der Waals surface area contributed by atoms with Gasteiger partial charge in [0, 0.05) is 15.9 Å². The number of rotatable bonds is 4. The molecule has 0 unspecified atom stereocenters. The summed E-state index contributed by atoms with van der Waals surface area (Å²) in [4.78, 5) is -0.596. The summed E-state index contributed by atoms with van der Waals surface area (Å²) < 4.78 is 49.3. The number of phenols is 1. The van der Waals surface area contributed by atoms with Crippen molar-refractivity contribution in [3.05, 3.63) is 78.9 Å². The third-order valence-electron chi connectivity index (χ3n) is 3.79. The molecule has 5 nitrogen and oxygen atoms in total. The molecular formula is C18H14NaO5PS. The minimum atomic E-state index is -4.88. The van der Waals surface area contributed by atoms with Gasteiger partial charge in [-0.15, -0.1) is 0 Å². The van der Waals surface area contributed by atoms with Crippen molar-refractivity contribution in [3.63, 3.8) is 0 Å². The van der Waals surface area contributed by atoms with E-state index < -0.39 is 22.2 Å². The molecule has 0 bridgehead atoms. The van der Waals surface area contributed by atoms with Gasteiger partial charge < -0.3 is 14.2 Å². The molecule has 0 atom stereocenters. The molecule has 0 fully saturated rings. The zero-order valence-electron chi connectivity index (χ0n) is 13.9. The van der Waals surface area contributed by atoms with Crippen LogP contribution in [0.5, 0.6) is 5.75 Å². The molecule has 0 aromatic heterocycles. The van der Waals surface area contributed by atoms with E-state index in [1.807, 2.05) is 0 Å². The minimum absolute atomic E-state index is 0. The molecular weight excluding hydrogens is 382 g/mol. The molecule has 3 rings (SSSR count). The number of aromatic hydroxyl groups is 1. The summed E-state index contributed by atoms with van der Waals surface area (Å²) in [5.41, 5.74) is 0. The van der Waals surface area contributed by atoms with Gasteiger partial charge in [-0.25, -0.2) is 8.42 Å². The number of hydrogen-bond donors (Lipinski definition) is 1. The quantitative estimate of drug-likeness (QED) is 0.345. The summed E-state index contributed by atoms with van der Waals surface area (Å²) in [7, 11) is -8.56. The van der Waals surface area contributed by atoms with Crippen LogP contribution in [-0.4, -0.2) is 18.1 Å². The van der Waals surface area contributed by atoms with E-state index in [1.54, 1.807) is 60.7 Å². The third kappa shape index (κ3) is 3.96. The predicted octanol–water partition coefficient (Wildman–Crippen LogP) is -1.06. The van der Waals surface area contributed by atoms with E-state index in [-0.39, 0.29) is 40.6 Å². The monoisotopic (exact) mass is 396 g/mol. The van der Waals surface area contributed by atoms with Crippen LogP contribution >= 0.6 is 7.14 Å². The summed E-state index contributed by atoms with van der Waals surface area (Å²) in [6.07, 6.45) is 0. The maximum absolute atomic E-state index is 14.1. The molecule has 3 aromatic carbocycles. The molecule has 0 saturated heterocycles. The first-order valence-electron chi connectivity index (χ1n) is 7.34. The number of benzene rings is 3. The Morgan fingerprint density at radius 3 is 1.69 bits per heavy atom. The Hall–Kier alpha value is -1.40. The minimum Gasteiger partial charge on any atom is -0.744 e. The van der Waals surface area contributed by atoms with Gasteiger partial charge in [-0.1, -0.05) is 60.7 Å². The van der Waals surface area contributed by atoms with Crippen LogP contribution in [-0.2, 0) is 14.7 Å². The Morgan fingerprint density at radius 2 is 1.27 bits per heavy atom. The van der Waals surface area contributed by atoms with Gasteiger partial charge in [0.1, 0.15) is 15.9 Å². The fourth-order valence-electron chi connectivity index (χ4n) is 2.67. The van der Waals surface area contributed by atoms with Crippen LogP contribution < -0.4 is 45.5 Å². The van der Waals surface area contributed by atoms with Gasteiger partial charge in [0.05, 0.1) is 4.90 Å². The van der Waals surface area contributed by atoms with Crippen molar-refractivity contribution < 1.29 is 52.2 Å². The van der Waals surface area contributed by atoms with Gasteiger partial charge in [-0.2, -0.15) is 0 Å². The van der Waals surface area contributed by atoms with Gasteiger partial charge in [0.15, 0.2) is 7.14 Å². The third-order valence-corrected chi connectivity index (χ3v) is 7.94. The molecule has 0 aliphatic carbocycles. The zero-order valence-corrected chi connectivity index (χ0v) is 17.7. The Balaban J connectivity index is 0.00000243. The predicted molar refractivity (Wildman–Crippen MR) is 95.5 cm³/mol. The second-order valence-corrected chi connectivity index (χ2v) is 9.47. The molecule has 128 valence electrons. The molecule has 0 saturated carbocycles.